The van der Waals surface area contributed by atoms with Crippen molar-refractivity contribution in [2.45, 2.75) is 46.1 Å². The first-order valence-corrected chi connectivity index (χ1v) is 7.63. The second-order valence-electron chi connectivity index (χ2n) is 6.48. The summed E-state index contributed by atoms with van der Waals surface area (Å²) in [6.45, 7) is 10.3. The van der Waals surface area contributed by atoms with E-state index in [0.717, 1.165) is 29.7 Å². The van der Waals surface area contributed by atoms with Gasteiger partial charge >= 0.3 is 0 Å². The van der Waals surface area contributed by atoms with Gasteiger partial charge in [0.1, 0.15) is 0 Å². The van der Waals surface area contributed by atoms with Crippen molar-refractivity contribution >= 4 is 16.6 Å². The second-order valence-corrected chi connectivity index (χ2v) is 6.48. The third kappa shape index (κ3) is 3.53. The van der Waals surface area contributed by atoms with Gasteiger partial charge in [0.2, 0.25) is 0 Å². The number of pyridine rings is 1. The summed E-state index contributed by atoms with van der Waals surface area (Å²) in [6, 6.07) is 8.49. The Labute approximate surface area is 127 Å². The molecule has 2 rings (SSSR count). The zero-order chi connectivity index (χ0) is 15.5. The normalized spacial score (nSPS) is 11.9. The van der Waals surface area contributed by atoms with Crippen LogP contribution in [0.2, 0.25) is 0 Å². The Bertz CT molecular complexity index is 614. The molecule has 3 nitrogen and oxygen atoms in total. The molecule has 0 fully saturated rings. The van der Waals surface area contributed by atoms with Crippen LogP contribution >= 0.6 is 0 Å². The smallest absolute Gasteiger partial charge is 0.0781 e. The van der Waals surface area contributed by atoms with E-state index >= 15 is 0 Å². The standard InChI is InChI=1S/C18H26N2O/c1-6-10-19-15-11-16(18(2,3)4)20-17-13(12-21-5)8-7-9-14(15)17/h7-9,11H,6,10,12H2,1-5H3,(H,19,20). The fourth-order valence-electron chi connectivity index (χ4n) is 2.37. The third-order valence-electron chi connectivity index (χ3n) is 3.56. The van der Waals surface area contributed by atoms with Gasteiger partial charge in [0, 0.05) is 41.4 Å². The molecule has 0 saturated heterocycles. The monoisotopic (exact) mass is 286 g/mol. The molecule has 1 heterocycles. The number of nitrogens with zero attached hydrogens (tertiary/aromatic N) is 1. The maximum absolute atomic E-state index is 5.32. The van der Waals surface area contributed by atoms with Gasteiger partial charge in [-0.2, -0.15) is 0 Å². The Morgan fingerprint density at radius 3 is 2.62 bits per heavy atom. The first kappa shape index (κ1) is 15.8. The third-order valence-corrected chi connectivity index (χ3v) is 3.56. The van der Waals surface area contributed by atoms with Gasteiger partial charge in [0.05, 0.1) is 12.1 Å². The minimum Gasteiger partial charge on any atom is -0.384 e. The highest BCUT2D eigenvalue weighted by atomic mass is 16.5. The van der Waals surface area contributed by atoms with E-state index in [9.17, 15) is 0 Å². The molecular weight excluding hydrogens is 260 g/mol. The van der Waals surface area contributed by atoms with E-state index in [1.807, 2.05) is 0 Å². The maximum atomic E-state index is 5.32. The predicted octanol–water partition coefficient (Wildman–Crippen LogP) is 4.50. The van der Waals surface area contributed by atoms with Gasteiger partial charge in [-0.05, 0) is 12.5 Å². The van der Waals surface area contributed by atoms with Crippen LogP contribution in [-0.4, -0.2) is 18.6 Å². The molecule has 1 N–H and O–H groups in total. The molecule has 0 unspecified atom stereocenters. The molecule has 0 bridgehead atoms. The summed E-state index contributed by atoms with van der Waals surface area (Å²) in [7, 11) is 1.72. The number of rotatable bonds is 5. The van der Waals surface area contributed by atoms with E-state index in [2.05, 4.69) is 57.3 Å². The molecule has 21 heavy (non-hydrogen) atoms. The van der Waals surface area contributed by atoms with E-state index in [1.54, 1.807) is 7.11 Å². The highest BCUT2D eigenvalue weighted by molar-refractivity contribution is 5.93. The highest BCUT2D eigenvalue weighted by Gasteiger charge is 2.18. The van der Waals surface area contributed by atoms with Crippen LogP contribution in [0.3, 0.4) is 0 Å². The maximum Gasteiger partial charge on any atom is 0.0781 e. The van der Waals surface area contributed by atoms with Gasteiger partial charge in [0.25, 0.3) is 0 Å². The van der Waals surface area contributed by atoms with Crippen molar-refractivity contribution < 1.29 is 4.74 Å². The first-order chi connectivity index (χ1) is 9.97. The molecule has 0 aliphatic carbocycles. The van der Waals surface area contributed by atoms with Gasteiger partial charge in [0.15, 0.2) is 0 Å². The highest BCUT2D eigenvalue weighted by Crippen LogP contribution is 2.31. The number of anilines is 1. The van der Waals surface area contributed by atoms with Crippen LogP contribution in [0.5, 0.6) is 0 Å². The van der Waals surface area contributed by atoms with Crippen molar-refractivity contribution in [2.24, 2.45) is 0 Å². The molecule has 0 radical (unpaired) electrons. The number of ether oxygens (including phenoxy) is 1. The second kappa shape index (κ2) is 6.44. The van der Waals surface area contributed by atoms with Crippen LogP contribution in [-0.2, 0) is 16.8 Å². The van der Waals surface area contributed by atoms with Crippen LogP contribution in [0.25, 0.3) is 10.9 Å². The summed E-state index contributed by atoms with van der Waals surface area (Å²) in [5, 5.41) is 4.71. The lowest BCUT2D eigenvalue weighted by Crippen LogP contribution is -2.15. The molecule has 1 aromatic carbocycles. The lowest BCUT2D eigenvalue weighted by molar-refractivity contribution is 0.186. The van der Waals surface area contributed by atoms with Crippen molar-refractivity contribution in [3.05, 3.63) is 35.5 Å². The number of aromatic nitrogens is 1. The molecule has 3 heteroatoms. The predicted molar refractivity (Wildman–Crippen MR) is 89.9 cm³/mol. The van der Waals surface area contributed by atoms with Crippen molar-refractivity contribution in [2.75, 3.05) is 19.0 Å². The number of hydrogen-bond acceptors (Lipinski definition) is 3. The molecule has 0 amide bonds. The van der Waals surface area contributed by atoms with Crippen molar-refractivity contribution in [1.29, 1.82) is 0 Å². The molecule has 0 aliphatic heterocycles. The number of methoxy groups -OCH3 is 1. The molecule has 0 atom stereocenters. The first-order valence-electron chi connectivity index (χ1n) is 7.63. The molecule has 0 spiro atoms. The van der Waals surface area contributed by atoms with E-state index in [4.69, 9.17) is 9.72 Å². The zero-order valence-corrected chi connectivity index (χ0v) is 13.8. The fraction of sp³-hybridized carbons (Fsp3) is 0.500. The lowest BCUT2D eigenvalue weighted by Gasteiger charge is -2.21. The molecule has 2 aromatic rings. The SMILES string of the molecule is CCCNc1cc(C(C)(C)C)nc2c(COC)cccc12. The van der Waals surface area contributed by atoms with Gasteiger partial charge in [-0.15, -0.1) is 0 Å². The van der Waals surface area contributed by atoms with Gasteiger partial charge in [-0.1, -0.05) is 45.9 Å². The molecule has 114 valence electrons. The average Bonchev–Trinajstić information content (AvgIpc) is 2.44. The Kier molecular flexibility index (Phi) is 4.84. The minimum atomic E-state index is 0.0248. The quantitative estimate of drug-likeness (QED) is 0.878. The molecular formula is C18H26N2O. The summed E-state index contributed by atoms with van der Waals surface area (Å²) in [4.78, 5) is 4.91. The summed E-state index contributed by atoms with van der Waals surface area (Å²) >= 11 is 0. The molecule has 0 aliphatic rings. The van der Waals surface area contributed by atoms with Crippen LogP contribution in [0, 0.1) is 0 Å². The van der Waals surface area contributed by atoms with Gasteiger partial charge in [-0.3, -0.25) is 4.98 Å². The Morgan fingerprint density at radius 1 is 1.24 bits per heavy atom. The zero-order valence-electron chi connectivity index (χ0n) is 13.8. The van der Waals surface area contributed by atoms with E-state index < -0.39 is 0 Å². The Morgan fingerprint density at radius 2 is 2.00 bits per heavy atom. The van der Waals surface area contributed by atoms with Crippen molar-refractivity contribution in [3.63, 3.8) is 0 Å². The summed E-state index contributed by atoms with van der Waals surface area (Å²) in [6.07, 6.45) is 1.10. The minimum absolute atomic E-state index is 0.0248. The Hall–Kier alpha value is -1.61. The van der Waals surface area contributed by atoms with Crippen LogP contribution in [0.15, 0.2) is 24.3 Å². The van der Waals surface area contributed by atoms with Crippen LogP contribution < -0.4 is 5.32 Å². The van der Waals surface area contributed by atoms with Crippen LogP contribution in [0.1, 0.15) is 45.4 Å². The summed E-state index contributed by atoms with van der Waals surface area (Å²) < 4.78 is 5.32. The summed E-state index contributed by atoms with van der Waals surface area (Å²) in [5.74, 6) is 0. The average molecular weight is 286 g/mol. The molecule has 0 saturated carbocycles. The van der Waals surface area contributed by atoms with E-state index in [-0.39, 0.29) is 5.41 Å². The number of fused-ring (bicyclic) bond motifs is 1. The van der Waals surface area contributed by atoms with Gasteiger partial charge < -0.3 is 10.1 Å². The van der Waals surface area contributed by atoms with E-state index in [0.29, 0.717) is 6.61 Å². The van der Waals surface area contributed by atoms with Crippen LogP contribution in [0.4, 0.5) is 5.69 Å². The summed E-state index contributed by atoms with van der Waals surface area (Å²) in [5.41, 5.74) is 4.49. The number of para-hydroxylation sites is 1. The van der Waals surface area contributed by atoms with E-state index in [1.165, 1.54) is 11.1 Å². The number of nitrogens with one attached hydrogen (secondary N) is 1. The fourth-order valence-corrected chi connectivity index (χ4v) is 2.37. The Balaban J connectivity index is 2.65. The van der Waals surface area contributed by atoms with Crippen molar-refractivity contribution in [1.82, 2.24) is 4.98 Å². The molecule has 1 aromatic heterocycles. The number of benzene rings is 1. The van der Waals surface area contributed by atoms with Gasteiger partial charge in [-0.25, -0.2) is 0 Å². The largest absolute Gasteiger partial charge is 0.384 e. The topological polar surface area (TPSA) is 34.2 Å². The lowest BCUT2D eigenvalue weighted by atomic mass is 9.90. The van der Waals surface area contributed by atoms with Crippen molar-refractivity contribution in [3.8, 4) is 0 Å². The number of hydrogen-bond donors (Lipinski definition) is 1.